The molecule has 9 heteroatoms. The van der Waals surface area contributed by atoms with Crippen LogP contribution in [-0.2, 0) is 14.8 Å². The van der Waals surface area contributed by atoms with Crippen LogP contribution < -0.4 is 10.9 Å². The van der Waals surface area contributed by atoms with E-state index in [1.807, 2.05) is 6.92 Å². The zero-order chi connectivity index (χ0) is 22.6. The van der Waals surface area contributed by atoms with Crippen molar-refractivity contribution in [1.82, 2.24) is 14.3 Å². The summed E-state index contributed by atoms with van der Waals surface area (Å²) in [5, 5.41) is 2.71. The van der Waals surface area contributed by atoms with Gasteiger partial charge in [-0.05, 0) is 38.1 Å². The fourth-order valence-corrected chi connectivity index (χ4v) is 4.45. The van der Waals surface area contributed by atoms with Crippen LogP contribution in [0.1, 0.15) is 18.2 Å². The van der Waals surface area contributed by atoms with Gasteiger partial charge in [0.2, 0.25) is 15.9 Å². The van der Waals surface area contributed by atoms with E-state index in [0.717, 1.165) is 9.87 Å². The van der Waals surface area contributed by atoms with Crippen molar-refractivity contribution in [3.8, 4) is 11.4 Å². The van der Waals surface area contributed by atoms with E-state index >= 15 is 0 Å². The minimum atomic E-state index is -3.79. The minimum absolute atomic E-state index is 0.143. The summed E-state index contributed by atoms with van der Waals surface area (Å²) in [6.07, 6.45) is 0. The van der Waals surface area contributed by atoms with E-state index in [2.05, 4.69) is 15.3 Å². The highest BCUT2D eigenvalue weighted by Crippen LogP contribution is 2.20. The van der Waals surface area contributed by atoms with Crippen LogP contribution in [0.3, 0.4) is 0 Å². The maximum atomic E-state index is 12.9. The molecule has 0 bridgehead atoms. The van der Waals surface area contributed by atoms with Gasteiger partial charge < -0.3 is 10.3 Å². The highest BCUT2D eigenvalue weighted by molar-refractivity contribution is 7.89. The number of aryl methyl sites for hydroxylation is 2. The molecule has 3 aromatic rings. The maximum Gasteiger partial charge on any atom is 0.251 e. The molecule has 3 rings (SSSR count). The second-order valence-electron chi connectivity index (χ2n) is 7.11. The molecule has 0 atom stereocenters. The minimum Gasteiger partial charge on any atom is -0.325 e. The average molecular weight is 441 g/mol. The number of carbonyl (C=O) groups is 1. The number of rotatable bonds is 7. The topological polar surface area (TPSA) is 112 Å². The summed E-state index contributed by atoms with van der Waals surface area (Å²) in [5.74, 6) is -0.0846. The molecule has 0 saturated heterocycles. The second kappa shape index (κ2) is 9.23. The van der Waals surface area contributed by atoms with Gasteiger partial charge in [0.05, 0.1) is 11.4 Å². The number of benzene rings is 2. The Morgan fingerprint density at radius 1 is 1.10 bits per heavy atom. The van der Waals surface area contributed by atoms with Gasteiger partial charge in [-0.15, -0.1) is 0 Å². The molecule has 162 valence electrons. The first-order valence-electron chi connectivity index (χ1n) is 9.74. The molecule has 0 saturated carbocycles. The monoisotopic (exact) mass is 440 g/mol. The average Bonchev–Trinajstić information content (AvgIpc) is 2.71. The number of nitrogens with one attached hydrogen (secondary N) is 2. The largest absolute Gasteiger partial charge is 0.325 e. The lowest BCUT2D eigenvalue weighted by molar-refractivity contribution is -0.116. The Morgan fingerprint density at radius 3 is 2.45 bits per heavy atom. The first-order chi connectivity index (χ1) is 14.7. The molecule has 2 N–H and O–H groups in total. The highest BCUT2D eigenvalue weighted by atomic mass is 32.2. The molecule has 0 radical (unpaired) electrons. The Kier molecular flexibility index (Phi) is 6.67. The van der Waals surface area contributed by atoms with Crippen LogP contribution in [0.5, 0.6) is 0 Å². The first kappa shape index (κ1) is 22.4. The summed E-state index contributed by atoms with van der Waals surface area (Å²) < 4.78 is 26.9. The number of aromatic nitrogens is 2. The first-order valence-corrected chi connectivity index (χ1v) is 11.2. The lowest BCUT2D eigenvalue weighted by atomic mass is 10.2. The number of aromatic amines is 1. The normalized spacial score (nSPS) is 11.5. The SMILES string of the molecule is CCN(CC(=O)Nc1cccc(-c2nc(C)cc(=O)[nH]2)c1)S(=O)(=O)c1ccc(C)cc1. The molecule has 1 aromatic heterocycles. The van der Waals surface area contributed by atoms with Gasteiger partial charge >= 0.3 is 0 Å². The van der Waals surface area contributed by atoms with Crippen LogP contribution in [-0.4, -0.2) is 41.7 Å². The van der Waals surface area contributed by atoms with E-state index in [0.29, 0.717) is 22.8 Å². The lowest BCUT2D eigenvalue weighted by Crippen LogP contribution is -2.37. The summed E-state index contributed by atoms with van der Waals surface area (Å²) in [4.78, 5) is 31.4. The van der Waals surface area contributed by atoms with Gasteiger partial charge in [0.15, 0.2) is 0 Å². The van der Waals surface area contributed by atoms with Crippen LogP contribution in [0.25, 0.3) is 11.4 Å². The molecule has 1 amide bonds. The van der Waals surface area contributed by atoms with Gasteiger partial charge in [-0.3, -0.25) is 9.59 Å². The van der Waals surface area contributed by atoms with E-state index in [4.69, 9.17) is 0 Å². The summed E-state index contributed by atoms with van der Waals surface area (Å²) >= 11 is 0. The lowest BCUT2D eigenvalue weighted by Gasteiger charge is -2.20. The third-order valence-corrected chi connectivity index (χ3v) is 6.56. The summed E-state index contributed by atoms with van der Waals surface area (Å²) in [5.41, 5.74) is 2.35. The number of amides is 1. The van der Waals surface area contributed by atoms with Crippen molar-refractivity contribution < 1.29 is 13.2 Å². The van der Waals surface area contributed by atoms with Crippen LogP contribution in [0, 0.1) is 13.8 Å². The standard InChI is InChI=1S/C22H24N4O4S/c1-4-26(31(29,30)19-10-8-15(2)9-11-19)14-21(28)24-18-7-5-6-17(13-18)22-23-16(3)12-20(27)25-22/h5-13H,4,14H2,1-3H3,(H,24,28)(H,23,25,27). The van der Waals surface area contributed by atoms with E-state index in [-0.39, 0.29) is 23.5 Å². The fraction of sp³-hybridized carbons (Fsp3) is 0.227. The van der Waals surface area contributed by atoms with Gasteiger partial charge in [0.25, 0.3) is 5.56 Å². The quantitative estimate of drug-likeness (QED) is 0.587. The van der Waals surface area contributed by atoms with Crippen molar-refractivity contribution in [2.45, 2.75) is 25.7 Å². The molecular formula is C22H24N4O4S. The number of nitrogens with zero attached hydrogens (tertiary/aromatic N) is 2. The number of likely N-dealkylation sites (N-methyl/N-ethyl adjacent to an activating group) is 1. The van der Waals surface area contributed by atoms with E-state index < -0.39 is 15.9 Å². The fourth-order valence-electron chi connectivity index (χ4n) is 3.05. The molecule has 0 fully saturated rings. The molecule has 8 nitrogen and oxygen atoms in total. The zero-order valence-corrected chi connectivity index (χ0v) is 18.4. The zero-order valence-electron chi connectivity index (χ0n) is 17.5. The maximum absolute atomic E-state index is 12.9. The number of hydrogen-bond acceptors (Lipinski definition) is 5. The van der Waals surface area contributed by atoms with Crippen molar-refractivity contribution in [2.24, 2.45) is 0 Å². The summed E-state index contributed by atoms with van der Waals surface area (Å²) in [7, 11) is -3.79. The smallest absolute Gasteiger partial charge is 0.251 e. The van der Waals surface area contributed by atoms with Crippen LogP contribution in [0.4, 0.5) is 5.69 Å². The predicted octanol–water partition coefficient (Wildman–Crippen LogP) is 2.70. The van der Waals surface area contributed by atoms with Crippen LogP contribution >= 0.6 is 0 Å². The molecule has 0 aliphatic carbocycles. The predicted molar refractivity (Wildman–Crippen MR) is 119 cm³/mol. The summed E-state index contributed by atoms with van der Waals surface area (Å²) in [6, 6.07) is 14.7. The third-order valence-electron chi connectivity index (χ3n) is 4.62. The molecule has 0 aliphatic rings. The van der Waals surface area contributed by atoms with Crippen molar-refractivity contribution in [3.63, 3.8) is 0 Å². The van der Waals surface area contributed by atoms with Gasteiger partial charge in [-0.2, -0.15) is 4.31 Å². The highest BCUT2D eigenvalue weighted by Gasteiger charge is 2.25. The molecule has 0 spiro atoms. The van der Waals surface area contributed by atoms with Crippen molar-refractivity contribution in [2.75, 3.05) is 18.4 Å². The molecule has 0 aliphatic heterocycles. The van der Waals surface area contributed by atoms with Gasteiger partial charge in [-0.1, -0.05) is 36.8 Å². The van der Waals surface area contributed by atoms with E-state index in [9.17, 15) is 18.0 Å². The second-order valence-corrected chi connectivity index (χ2v) is 9.05. The summed E-state index contributed by atoms with van der Waals surface area (Å²) in [6.45, 7) is 5.10. The van der Waals surface area contributed by atoms with Crippen molar-refractivity contribution in [1.29, 1.82) is 0 Å². The molecule has 31 heavy (non-hydrogen) atoms. The van der Waals surface area contributed by atoms with E-state index in [1.165, 1.54) is 18.2 Å². The number of H-pyrrole nitrogens is 1. The Labute approximate surface area is 181 Å². The van der Waals surface area contributed by atoms with Crippen LogP contribution in [0.2, 0.25) is 0 Å². The van der Waals surface area contributed by atoms with Crippen molar-refractivity contribution >= 4 is 21.6 Å². The van der Waals surface area contributed by atoms with Gasteiger partial charge in [0.1, 0.15) is 5.82 Å². The van der Waals surface area contributed by atoms with Gasteiger partial charge in [-0.25, -0.2) is 13.4 Å². The number of anilines is 1. The number of hydrogen-bond donors (Lipinski definition) is 2. The van der Waals surface area contributed by atoms with Gasteiger partial charge in [0, 0.05) is 29.6 Å². The van der Waals surface area contributed by atoms with E-state index in [1.54, 1.807) is 50.2 Å². The Bertz CT molecular complexity index is 1250. The number of carbonyl (C=O) groups excluding carboxylic acids is 1. The Hall–Kier alpha value is -3.30. The molecule has 1 heterocycles. The van der Waals surface area contributed by atoms with Crippen LogP contribution in [0.15, 0.2) is 64.3 Å². The molecular weight excluding hydrogens is 416 g/mol. The van der Waals surface area contributed by atoms with Crippen molar-refractivity contribution in [3.05, 3.63) is 76.2 Å². The third kappa shape index (κ3) is 5.44. The molecule has 0 unspecified atom stereocenters. The Morgan fingerprint density at radius 2 is 1.81 bits per heavy atom. The Balaban J connectivity index is 1.76. The molecule has 2 aromatic carbocycles. The number of sulfonamides is 1.